The third-order valence-corrected chi connectivity index (χ3v) is 2.63. The topological polar surface area (TPSA) is 41.0 Å². The SMILES string of the molecule is Cc1n[nH]c(N=S(C)C)c1Br. The van der Waals surface area contributed by atoms with Crippen LogP contribution in [-0.4, -0.2) is 22.7 Å². The van der Waals surface area contributed by atoms with Gasteiger partial charge in [-0.15, -0.1) is 0 Å². The lowest BCUT2D eigenvalue weighted by Crippen LogP contribution is -1.76. The first-order valence-corrected chi connectivity index (χ1v) is 5.90. The second-order valence-corrected chi connectivity index (χ2v) is 4.86. The molecule has 0 aliphatic heterocycles. The number of aromatic nitrogens is 2. The Balaban J connectivity index is 3.06. The fourth-order valence-corrected chi connectivity index (χ4v) is 1.53. The molecule has 0 fully saturated rings. The maximum atomic E-state index is 4.34. The first kappa shape index (κ1) is 8.93. The van der Waals surface area contributed by atoms with Gasteiger partial charge in [-0.1, -0.05) is 10.7 Å². The first-order valence-electron chi connectivity index (χ1n) is 3.11. The third kappa shape index (κ3) is 2.13. The van der Waals surface area contributed by atoms with Crippen molar-refractivity contribution in [3.63, 3.8) is 0 Å². The second-order valence-electron chi connectivity index (χ2n) is 2.34. The molecule has 0 spiro atoms. The summed E-state index contributed by atoms with van der Waals surface area (Å²) in [5.74, 6) is 0.843. The van der Waals surface area contributed by atoms with Crippen LogP contribution in [0.15, 0.2) is 8.84 Å². The average molecular weight is 236 g/mol. The molecule has 3 nitrogen and oxygen atoms in total. The van der Waals surface area contributed by atoms with E-state index in [-0.39, 0.29) is 10.7 Å². The van der Waals surface area contributed by atoms with E-state index in [0.29, 0.717) is 0 Å². The largest absolute Gasteiger partial charge is 0.260 e. The van der Waals surface area contributed by atoms with Crippen LogP contribution >= 0.6 is 15.9 Å². The highest BCUT2D eigenvalue weighted by Crippen LogP contribution is 2.25. The molecule has 0 unspecified atom stereocenters. The Hall–Kier alpha value is -0.160. The van der Waals surface area contributed by atoms with Crippen molar-refractivity contribution >= 4 is 32.4 Å². The van der Waals surface area contributed by atoms with E-state index in [4.69, 9.17) is 0 Å². The minimum Gasteiger partial charge on any atom is -0.260 e. The fraction of sp³-hybridized carbons (Fsp3) is 0.500. The summed E-state index contributed by atoms with van der Waals surface area (Å²) in [6.07, 6.45) is 4.12. The lowest BCUT2D eigenvalue weighted by molar-refractivity contribution is 1.04. The van der Waals surface area contributed by atoms with Gasteiger partial charge in [-0.05, 0) is 35.4 Å². The van der Waals surface area contributed by atoms with Crippen molar-refractivity contribution in [1.29, 1.82) is 0 Å². The number of nitrogens with one attached hydrogen (secondary N) is 1. The molecule has 1 N–H and O–H groups in total. The van der Waals surface area contributed by atoms with Gasteiger partial charge in [-0.3, -0.25) is 5.10 Å². The minimum absolute atomic E-state index is 0.0603. The monoisotopic (exact) mass is 235 g/mol. The lowest BCUT2D eigenvalue weighted by Gasteiger charge is -1.90. The predicted octanol–water partition coefficient (Wildman–Crippen LogP) is 2.17. The summed E-state index contributed by atoms with van der Waals surface area (Å²) in [6, 6.07) is 0. The van der Waals surface area contributed by atoms with E-state index in [9.17, 15) is 0 Å². The molecule has 11 heavy (non-hydrogen) atoms. The van der Waals surface area contributed by atoms with Gasteiger partial charge >= 0.3 is 0 Å². The van der Waals surface area contributed by atoms with Crippen molar-refractivity contribution in [2.45, 2.75) is 6.92 Å². The molecule has 0 bridgehead atoms. The molecule has 0 radical (unpaired) electrons. The minimum atomic E-state index is 0.0603. The number of aryl methyl sites for hydroxylation is 1. The zero-order chi connectivity index (χ0) is 8.43. The summed E-state index contributed by atoms with van der Waals surface area (Å²) in [6.45, 7) is 1.93. The van der Waals surface area contributed by atoms with Crippen molar-refractivity contribution in [3.05, 3.63) is 10.2 Å². The second kappa shape index (κ2) is 3.49. The van der Waals surface area contributed by atoms with Gasteiger partial charge in [0.25, 0.3) is 0 Å². The predicted molar refractivity (Wildman–Crippen MR) is 52.3 cm³/mol. The summed E-state index contributed by atoms with van der Waals surface area (Å²) >= 11 is 3.40. The third-order valence-electron chi connectivity index (χ3n) is 1.13. The van der Waals surface area contributed by atoms with Gasteiger partial charge in [0.05, 0.1) is 10.2 Å². The molecule has 0 atom stereocenters. The fourth-order valence-electron chi connectivity index (χ4n) is 0.649. The lowest BCUT2D eigenvalue weighted by atomic mass is 10.5. The normalized spacial score (nSPS) is 10.6. The molecule has 0 saturated carbocycles. The van der Waals surface area contributed by atoms with E-state index in [1.807, 2.05) is 6.92 Å². The number of halogens is 1. The Bertz CT molecular complexity index is 288. The molecule has 5 heteroatoms. The summed E-state index contributed by atoms with van der Waals surface area (Å²) in [5, 5.41) is 6.86. The highest BCUT2D eigenvalue weighted by Gasteiger charge is 2.03. The molecular weight excluding hydrogens is 226 g/mol. The van der Waals surface area contributed by atoms with E-state index in [0.717, 1.165) is 16.0 Å². The summed E-state index contributed by atoms with van der Waals surface area (Å²) < 4.78 is 5.31. The molecule has 0 amide bonds. The maximum Gasteiger partial charge on any atom is 0.169 e. The van der Waals surface area contributed by atoms with Crippen molar-refractivity contribution in [1.82, 2.24) is 10.2 Å². The van der Waals surface area contributed by atoms with Crippen LogP contribution in [-0.2, 0) is 10.7 Å². The molecular formula is C6H10BrN3S. The molecule has 1 heterocycles. The Labute approximate surface area is 76.8 Å². The average Bonchev–Trinajstić information content (AvgIpc) is 2.18. The van der Waals surface area contributed by atoms with Gasteiger partial charge in [-0.2, -0.15) is 5.10 Å². The standard InChI is InChI=1S/C6H10BrN3S/c1-4-5(7)6(9-8-4)10-11(2)3/h1-3H3,(H,8,9). The van der Waals surface area contributed by atoms with Gasteiger partial charge < -0.3 is 0 Å². The van der Waals surface area contributed by atoms with Crippen LogP contribution < -0.4 is 0 Å². The molecule has 0 saturated heterocycles. The molecule has 1 aromatic heterocycles. The van der Waals surface area contributed by atoms with Crippen LogP contribution in [0.1, 0.15) is 5.69 Å². The van der Waals surface area contributed by atoms with Crippen LogP contribution in [0.4, 0.5) is 5.82 Å². The van der Waals surface area contributed by atoms with Crippen molar-refractivity contribution in [3.8, 4) is 0 Å². The van der Waals surface area contributed by atoms with Crippen molar-refractivity contribution in [2.24, 2.45) is 4.36 Å². The maximum absolute atomic E-state index is 4.34. The Morgan fingerprint density at radius 1 is 1.55 bits per heavy atom. The highest BCUT2D eigenvalue weighted by molar-refractivity contribution is 9.10. The summed E-state index contributed by atoms with van der Waals surface area (Å²) in [5.41, 5.74) is 0.953. The number of H-pyrrole nitrogens is 1. The van der Waals surface area contributed by atoms with Crippen molar-refractivity contribution < 1.29 is 0 Å². The van der Waals surface area contributed by atoms with Crippen LogP contribution in [0.5, 0.6) is 0 Å². The zero-order valence-corrected chi connectivity index (χ0v) is 9.08. The Morgan fingerprint density at radius 2 is 2.18 bits per heavy atom. The van der Waals surface area contributed by atoms with Gasteiger partial charge in [0.1, 0.15) is 0 Å². The molecule has 0 aromatic carbocycles. The molecule has 0 aliphatic rings. The van der Waals surface area contributed by atoms with Gasteiger partial charge in [0.15, 0.2) is 5.82 Å². The molecule has 0 aliphatic carbocycles. The number of aromatic amines is 1. The highest BCUT2D eigenvalue weighted by atomic mass is 79.9. The van der Waals surface area contributed by atoms with Crippen LogP contribution in [0.2, 0.25) is 0 Å². The molecule has 62 valence electrons. The van der Waals surface area contributed by atoms with Crippen LogP contribution in [0, 0.1) is 6.92 Å². The molecule has 1 rings (SSSR count). The zero-order valence-electron chi connectivity index (χ0n) is 6.68. The van der Waals surface area contributed by atoms with Crippen LogP contribution in [0.25, 0.3) is 0 Å². The number of hydrogen-bond donors (Lipinski definition) is 1. The van der Waals surface area contributed by atoms with E-state index in [2.05, 4.69) is 43.0 Å². The van der Waals surface area contributed by atoms with E-state index < -0.39 is 0 Å². The summed E-state index contributed by atoms with van der Waals surface area (Å²) in [4.78, 5) is 0. The van der Waals surface area contributed by atoms with E-state index in [1.54, 1.807) is 0 Å². The summed E-state index contributed by atoms with van der Waals surface area (Å²) in [7, 11) is 0.0603. The van der Waals surface area contributed by atoms with Crippen molar-refractivity contribution in [2.75, 3.05) is 12.5 Å². The van der Waals surface area contributed by atoms with E-state index >= 15 is 0 Å². The quantitative estimate of drug-likeness (QED) is 0.797. The Morgan fingerprint density at radius 3 is 2.55 bits per heavy atom. The number of nitrogens with zero attached hydrogens (tertiary/aromatic N) is 2. The number of hydrogen-bond acceptors (Lipinski definition) is 2. The van der Waals surface area contributed by atoms with E-state index in [1.165, 1.54) is 0 Å². The smallest absolute Gasteiger partial charge is 0.169 e. The Kier molecular flexibility index (Phi) is 2.84. The van der Waals surface area contributed by atoms with Crippen LogP contribution in [0.3, 0.4) is 0 Å². The first-order chi connectivity index (χ1) is 5.11. The van der Waals surface area contributed by atoms with Gasteiger partial charge in [0.2, 0.25) is 0 Å². The van der Waals surface area contributed by atoms with Gasteiger partial charge in [0, 0.05) is 0 Å². The van der Waals surface area contributed by atoms with Gasteiger partial charge in [-0.25, -0.2) is 4.36 Å². The molecule has 1 aromatic rings. The number of rotatable bonds is 1.